The van der Waals surface area contributed by atoms with Gasteiger partial charge in [0.25, 0.3) is 0 Å². The van der Waals surface area contributed by atoms with Crippen LogP contribution in [0.25, 0.3) is 11.5 Å². The normalized spacial score (nSPS) is 11.1. The van der Waals surface area contributed by atoms with Gasteiger partial charge in [-0.3, -0.25) is 5.10 Å². The maximum atomic E-state index is 5.46. The van der Waals surface area contributed by atoms with Crippen LogP contribution in [0.1, 0.15) is 11.3 Å². The first-order chi connectivity index (χ1) is 12.6. The second-order valence-corrected chi connectivity index (χ2v) is 5.66. The number of hydrogen-bond acceptors (Lipinski definition) is 7. The second kappa shape index (κ2) is 7.40. The number of methoxy groups -OCH3 is 3. The number of aryl methyl sites for hydroxylation is 1. The number of nitrogens with one attached hydrogen (secondary N) is 2. The van der Waals surface area contributed by atoms with Gasteiger partial charge in [-0.25, -0.2) is 5.10 Å². The Morgan fingerprint density at radius 2 is 1.85 bits per heavy atom. The molecule has 3 aromatic rings. The zero-order valence-corrected chi connectivity index (χ0v) is 15.5. The van der Waals surface area contributed by atoms with E-state index in [0.29, 0.717) is 39.1 Å². The lowest BCUT2D eigenvalue weighted by atomic mass is 10.2. The first-order valence-corrected chi connectivity index (χ1v) is 8.03. The fraction of sp³-hybridized carbons (Fsp3) is 0.250. The SMILES string of the molecule is COc1ccc(/C=N/n2c(-c3cc(C)[nH]n3)n[nH]c2=S)c(OC)c1OC. The average Bonchev–Trinajstić information content (AvgIpc) is 3.24. The van der Waals surface area contributed by atoms with Crippen LogP contribution in [-0.2, 0) is 0 Å². The van der Waals surface area contributed by atoms with Crippen molar-refractivity contribution < 1.29 is 14.2 Å². The van der Waals surface area contributed by atoms with Gasteiger partial charge in [-0.2, -0.15) is 20.0 Å². The molecule has 2 aromatic heterocycles. The van der Waals surface area contributed by atoms with E-state index in [9.17, 15) is 0 Å². The van der Waals surface area contributed by atoms with Crippen LogP contribution in [-0.4, -0.2) is 52.6 Å². The van der Waals surface area contributed by atoms with Crippen molar-refractivity contribution in [1.82, 2.24) is 25.1 Å². The molecule has 26 heavy (non-hydrogen) atoms. The Kier molecular flexibility index (Phi) is 5.03. The molecule has 9 nitrogen and oxygen atoms in total. The number of rotatable bonds is 6. The third kappa shape index (κ3) is 3.18. The molecule has 0 amide bonds. The van der Waals surface area contributed by atoms with E-state index in [0.717, 1.165) is 5.69 Å². The number of ether oxygens (including phenoxy) is 3. The molecule has 0 radical (unpaired) electrons. The van der Waals surface area contributed by atoms with Gasteiger partial charge in [-0.1, -0.05) is 0 Å². The molecule has 2 heterocycles. The van der Waals surface area contributed by atoms with E-state index in [1.807, 2.05) is 19.1 Å². The van der Waals surface area contributed by atoms with Crippen molar-refractivity contribution in [1.29, 1.82) is 0 Å². The van der Waals surface area contributed by atoms with Gasteiger partial charge in [0, 0.05) is 11.3 Å². The highest BCUT2D eigenvalue weighted by Gasteiger charge is 2.15. The van der Waals surface area contributed by atoms with Gasteiger partial charge in [0.2, 0.25) is 16.3 Å². The molecule has 3 rings (SSSR count). The third-order valence-electron chi connectivity index (χ3n) is 3.63. The predicted octanol–water partition coefficient (Wildman–Crippen LogP) is 2.55. The van der Waals surface area contributed by atoms with Crippen LogP contribution in [0.5, 0.6) is 17.2 Å². The number of benzene rings is 1. The Morgan fingerprint density at radius 1 is 1.08 bits per heavy atom. The summed E-state index contributed by atoms with van der Waals surface area (Å²) in [5, 5.41) is 18.4. The summed E-state index contributed by atoms with van der Waals surface area (Å²) < 4.78 is 18.0. The Bertz CT molecular complexity index is 1000. The van der Waals surface area contributed by atoms with Crippen molar-refractivity contribution in [2.75, 3.05) is 21.3 Å². The van der Waals surface area contributed by atoms with Crippen LogP contribution in [0.2, 0.25) is 0 Å². The summed E-state index contributed by atoms with van der Waals surface area (Å²) in [6.07, 6.45) is 1.61. The van der Waals surface area contributed by atoms with Gasteiger partial charge < -0.3 is 14.2 Å². The van der Waals surface area contributed by atoms with Gasteiger partial charge in [-0.05, 0) is 37.3 Å². The number of aromatic amines is 2. The molecular weight excluding hydrogens is 356 g/mol. The number of nitrogens with zero attached hydrogens (tertiary/aromatic N) is 4. The molecule has 0 fully saturated rings. The second-order valence-electron chi connectivity index (χ2n) is 5.27. The Labute approximate surface area is 154 Å². The summed E-state index contributed by atoms with van der Waals surface area (Å²) in [7, 11) is 4.66. The molecule has 0 aliphatic carbocycles. The summed E-state index contributed by atoms with van der Waals surface area (Å²) in [4.78, 5) is 0. The highest BCUT2D eigenvalue weighted by Crippen LogP contribution is 2.39. The van der Waals surface area contributed by atoms with Gasteiger partial charge >= 0.3 is 0 Å². The van der Waals surface area contributed by atoms with Gasteiger partial charge in [0.15, 0.2) is 11.5 Å². The lowest BCUT2D eigenvalue weighted by Crippen LogP contribution is -2.00. The zero-order valence-electron chi connectivity index (χ0n) is 14.7. The molecule has 0 saturated carbocycles. The zero-order chi connectivity index (χ0) is 18.7. The maximum Gasteiger partial charge on any atom is 0.216 e. The number of H-pyrrole nitrogens is 2. The van der Waals surface area contributed by atoms with Crippen LogP contribution < -0.4 is 14.2 Å². The summed E-state index contributed by atoms with van der Waals surface area (Å²) in [6.45, 7) is 1.90. The van der Waals surface area contributed by atoms with Crippen molar-refractivity contribution >= 4 is 18.4 Å². The van der Waals surface area contributed by atoms with Crippen molar-refractivity contribution in [2.24, 2.45) is 5.10 Å². The first-order valence-electron chi connectivity index (χ1n) is 7.62. The monoisotopic (exact) mass is 374 g/mol. The Hall–Kier alpha value is -3.14. The molecule has 0 atom stereocenters. The number of aromatic nitrogens is 5. The molecule has 2 N–H and O–H groups in total. The Morgan fingerprint density at radius 3 is 2.46 bits per heavy atom. The molecule has 0 saturated heterocycles. The van der Waals surface area contributed by atoms with Crippen LogP contribution in [0, 0.1) is 11.7 Å². The first kappa shape index (κ1) is 17.7. The summed E-state index contributed by atoms with van der Waals surface area (Å²) in [5.74, 6) is 2.05. The van der Waals surface area contributed by atoms with Crippen LogP contribution in [0.4, 0.5) is 0 Å². The lowest BCUT2D eigenvalue weighted by molar-refractivity contribution is 0.324. The summed E-state index contributed by atoms with van der Waals surface area (Å²) >= 11 is 5.26. The van der Waals surface area contributed by atoms with E-state index >= 15 is 0 Å². The molecule has 0 unspecified atom stereocenters. The van der Waals surface area contributed by atoms with E-state index < -0.39 is 0 Å². The average molecular weight is 374 g/mol. The highest BCUT2D eigenvalue weighted by atomic mass is 32.1. The molecular formula is C16H18N6O3S. The smallest absolute Gasteiger partial charge is 0.216 e. The fourth-order valence-electron chi connectivity index (χ4n) is 2.44. The molecule has 0 bridgehead atoms. The molecule has 0 spiro atoms. The van der Waals surface area contributed by atoms with E-state index in [1.54, 1.807) is 33.6 Å². The molecule has 0 aliphatic rings. The minimum absolute atomic E-state index is 0.344. The van der Waals surface area contributed by atoms with Crippen molar-refractivity contribution in [3.05, 3.63) is 34.2 Å². The van der Waals surface area contributed by atoms with Crippen LogP contribution in [0.15, 0.2) is 23.3 Å². The van der Waals surface area contributed by atoms with Crippen molar-refractivity contribution in [2.45, 2.75) is 6.92 Å². The lowest BCUT2D eigenvalue weighted by Gasteiger charge is -2.13. The van der Waals surface area contributed by atoms with E-state index in [4.69, 9.17) is 26.4 Å². The van der Waals surface area contributed by atoms with E-state index in [1.165, 1.54) is 4.68 Å². The quantitative estimate of drug-likeness (QED) is 0.508. The van der Waals surface area contributed by atoms with Crippen molar-refractivity contribution in [3.63, 3.8) is 0 Å². The predicted molar refractivity (Wildman–Crippen MR) is 98.8 cm³/mol. The largest absolute Gasteiger partial charge is 0.493 e. The minimum Gasteiger partial charge on any atom is -0.493 e. The van der Waals surface area contributed by atoms with E-state index in [-0.39, 0.29) is 0 Å². The van der Waals surface area contributed by atoms with Gasteiger partial charge in [0.05, 0.1) is 27.5 Å². The van der Waals surface area contributed by atoms with Crippen LogP contribution in [0.3, 0.4) is 0 Å². The minimum atomic E-state index is 0.344. The topological polar surface area (TPSA) is 102 Å². The maximum absolute atomic E-state index is 5.46. The molecule has 1 aromatic carbocycles. The third-order valence-corrected chi connectivity index (χ3v) is 3.90. The van der Waals surface area contributed by atoms with Crippen molar-refractivity contribution in [3.8, 4) is 28.8 Å². The molecule has 10 heteroatoms. The highest BCUT2D eigenvalue weighted by molar-refractivity contribution is 7.71. The Balaban J connectivity index is 2.04. The van der Waals surface area contributed by atoms with E-state index in [2.05, 4.69) is 25.5 Å². The fourth-order valence-corrected chi connectivity index (χ4v) is 2.62. The summed E-state index contributed by atoms with van der Waals surface area (Å²) in [6, 6.07) is 5.44. The van der Waals surface area contributed by atoms with Crippen LogP contribution >= 0.6 is 12.2 Å². The van der Waals surface area contributed by atoms with Gasteiger partial charge in [-0.15, -0.1) is 0 Å². The molecule has 0 aliphatic heterocycles. The standard InChI is InChI=1S/C16H18N6O3S/c1-9-7-11(19-18-9)15-20-21-16(26)22(15)17-8-10-5-6-12(23-2)14(25-4)13(10)24-3/h5-8H,1-4H3,(H,18,19)(H,21,26)/b17-8+. The van der Waals surface area contributed by atoms with Gasteiger partial charge in [0.1, 0.15) is 5.69 Å². The number of hydrogen-bond donors (Lipinski definition) is 2. The molecule has 136 valence electrons. The summed E-state index contributed by atoms with van der Waals surface area (Å²) in [5.41, 5.74) is 2.23.